The molecule has 2 heterocycles. The van der Waals surface area contributed by atoms with Crippen LogP contribution in [0.4, 0.5) is 14.5 Å². The van der Waals surface area contributed by atoms with E-state index in [2.05, 4.69) is 4.98 Å². The minimum atomic E-state index is -0.406. The lowest BCUT2D eigenvalue weighted by Crippen LogP contribution is -2.26. The van der Waals surface area contributed by atoms with Crippen LogP contribution in [0.25, 0.3) is 16.8 Å². The standard InChI is InChI=1S/C19H13F2N3OS/c20-12-6-4-11(5-7-12)15-10-26-19(23-15)17-16(25)9-24(18(17)22)14-3-1-2-13(21)8-14/h1-8,10,22,25H,9H2. The molecule has 0 bridgehead atoms. The SMILES string of the molecule is N=C1C(c2nc(-c3ccc(F)cc3)cs2)=C(O)CN1c1cccc(F)c1. The van der Waals surface area contributed by atoms with Crippen LogP contribution in [0.1, 0.15) is 5.01 Å². The van der Waals surface area contributed by atoms with Crippen molar-refractivity contribution in [1.29, 1.82) is 5.41 Å². The highest BCUT2D eigenvalue weighted by Gasteiger charge is 2.31. The summed E-state index contributed by atoms with van der Waals surface area (Å²) in [5.41, 5.74) is 2.21. The second kappa shape index (κ2) is 6.34. The summed E-state index contributed by atoms with van der Waals surface area (Å²) in [6.45, 7) is 0.0864. The van der Waals surface area contributed by atoms with Crippen molar-refractivity contribution in [2.24, 2.45) is 0 Å². The molecule has 0 atom stereocenters. The average Bonchev–Trinajstić information content (AvgIpc) is 3.20. The Morgan fingerprint density at radius 1 is 1.08 bits per heavy atom. The summed E-state index contributed by atoms with van der Waals surface area (Å²) in [6, 6.07) is 11.8. The maximum Gasteiger partial charge on any atom is 0.139 e. The molecule has 0 amide bonds. The first-order chi connectivity index (χ1) is 12.5. The van der Waals surface area contributed by atoms with Crippen molar-refractivity contribution in [1.82, 2.24) is 4.98 Å². The molecular formula is C19H13F2N3OS. The van der Waals surface area contributed by atoms with Crippen molar-refractivity contribution in [3.63, 3.8) is 0 Å². The number of rotatable bonds is 3. The molecule has 2 N–H and O–H groups in total. The number of hydrogen-bond acceptors (Lipinski definition) is 4. The van der Waals surface area contributed by atoms with Gasteiger partial charge >= 0.3 is 0 Å². The fourth-order valence-electron chi connectivity index (χ4n) is 2.81. The minimum absolute atomic E-state index is 0.0132. The van der Waals surface area contributed by atoms with Crippen molar-refractivity contribution in [3.8, 4) is 11.3 Å². The molecular weight excluding hydrogens is 356 g/mol. The van der Waals surface area contributed by atoms with Crippen molar-refractivity contribution < 1.29 is 13.9 Å². The number of thiazole rings is 1. The minimum Gasteiger partial charge on any atom is -0.510 e. The Bertz CT molecular complexity index is 1030. The van der Waals surface area contributed by atoms with Crippen molar-refractivity contribution in [2.45, 2.75) is 0 Å². The Morgan fingerprint density at radius 2 is 1.85 bits per heavy atom. The molecule has 4 rings (SSSR count). The summed E-state index contributed by atoms with van der Waals surface area (Å²) in [7, 11) is 0. The first-order valence-electron chi connectivity index (χ1n) is 7.79. The van der Waals surface area contributed by atoms with Crippen LogP contribution in [0.3, 0.4) is 0 Å². The smallest absolute Gasteiger partial charge is 0.139 e. The topological polar surface area (TPSA) is 60.2 Å². The van der Waals surface area contributed by atoms with Gasteiger partial charge in [0.2, 0.25) is 0 Å². The van der Waals surface area contributed by atoms with Crippen LogP contribution >= 0.6 is 11.3 Å². The van der Waals surface area contributed by atoms with Gasteiger partial charge in [0, 0.05) is 16.6 Å². The van der Waals surface area contributed by atoms with Crippen LogP contribution in [-0.4, -0.2) is 22.5 Å². The van der Waals surface area contributed by atoms with Crippen LogP contribution in [0, 0.1) is 17.0 Å². The number of aliphatic hydroxyl groups is 1. The molecule has 7 heteroatoms. The molecule has 130 valence electrons. The van der Waals surface area contributed by atoms with E-state index in [0.29, 0.717) is 22.0 Å². The number of benzene rings is 2. The fourth-order valence-corrected chi connectivity index (χ4v) is 3.71. The maximum atomic E-state index is 13.5. The van der Waals surface area contributed by atoms with E-state index in [0.717, 1.165) is 5.56 Å². The molecule has 0 saturated carbocycles. The van der Waals surface area contributed by atoms with Gasteiger partial charge in [0.25, 0.3) is 0 Å². The molecule has 0 spiro atoms. The fraction of sp³-hybridized carbons (Fsp3) is 0.0526. The summed E-state index contributed by atoms with van der Waals surface area (Å²) in [5.74, 6) is -0.656. The van der Waals surface area contributed by atoms with Crippen molar-refractivity contribution in [3.05, 3.63) is 76.3 Å². The molecule has 26 heavy (non-hydrogen) atoms. The predicted octanol–water partition coefficient (Wildman–Crippen LogP) is 4.85. The van der Waals surface area contributed by atoms with E-state index in [1.54, 1.807) is 29.6 Å². The third-order valence-corrected chi connectivity index (χ3v) is 4.94. The molecule has 0 fully saturated rings. The van der Waals surface area contributed by atoms with Crippen molar-refractivity contribution in [2.75, 3.05) is 11.4 Å². The summed E-state index contributed by atoms with van der Waals surface area (Å²) in [6.07, 6.45) is 0. The molecule has 1 aliphatic rings. The van der Waals surface area contributed by atoms with Crippen LogP contribution in [0.5, 0.6) is 0 Å². The van der Waals surface area contributed by atoms with Gasteiger partial charge in [-0.15, -0.1) is 11.3 Å². The molecule has 3 aromatic rings. The first-order valence-corrected chi connectivity index (χ1v) is 8.67. The number of amidine groups is 1. The Kier molecular flexibility index (Phi) is 4.00. The molecule has 0 aliphatic carbocycles. The van der Waals surface area contributed by atoms with Crippen LogP contribution < -0.4 is 4.90 Å². The van der Waals surface area contributed by atoms with Gasteiger partial charge in [-0.25, -0.2) is 13.8 Å². The maximum absolute atomic E-state index is 13.5. The van der Waals surface area contributed by atoms with E-state index >= 15 is 0 Å². The second-order valence-electron chi connectivity index (χ2n) is 5.78. The molecule has 0 radical (unpaired) electrons. The van der Waals surface area contributed by atoms with Crippen LogP contribution in [0.2, 0.25) is 0 Å². The third-order valence-electron chi connectivity index (χ3n) is 4.08. The van der Waals surface area contributed by atoms with Crippen LogP contribution in [0.15, 0.2) is 59.7 Å². The van der Waals surface area contributed by atoms with Gasteiger partial charge in [0.1, 0.15) is 28.2 Å². The number of hydrogen-bond donors (Lipinski definition) is 2. The van der Waals surface area contributed by atoms with Gasteiger partial charge in [0.15, 0.2) is 0 Å². The molecule has 1 aliphatic heterocycles. The molecule has 0 unspecified atom stereocenters. The highest BCUT2D eigenvalue weighted by Crippen LogP contribution is 2.34. The lowest BCUT2D eigenvalue weighted by atomic mass is 10.2. The zero-order valence-electron chi connectivity index (χ0n) is 13.4. The zero-order valence-corrected chi connectivity index (χ0v) is 14.2. The summed E-state index contributed by atoms with van der Waals surface area (Å²) >= 11 is 1.29. The number of nitrogens with one attached hydrogen (secondary N) is 1. The first kappa shape index (κ1) is 16.4. The average molecular weight is 369 g/mol. The molecule has 1 aromatic heterocycles. The van der Waals surface area contributed by atoms with E-state index in [9.17, 15) is 13.9 Å². The summed E-state index contributed by atoms with van der Waals surface area (Å²) < 4.78 is 26.5. The predicted molar refractivity (Wildman–Crippen MR) is 98.5 cm³/mol. The van der Waals surface area contributed by atoms with E-state index in [1.165, 1.54) is 40.5 Å². The van der Waals surface area contributed by atoms with Crippen LogP contribution in [-0.2, 0) is 0 Å². The highest BCUT2D eigenvalue weighted by atomic mass is 32.1. The molecule has 2 aromatic carbocycles. The van der Waals surface area contributed by atoms with E-state index in [-0.39, 0.29) is 24.0 Å². The van der Waals surface area contributed by atoms with E-state index in [1.807, 2.05) is 0 Å². The zero-order chi connectivity index (χ0) is 18.3. The number of nitrogens with zero attached hydrogens (tertiary/aromatic N) is 2. The van der Waals surface area contributed by atoms with Gasteiger partial charge in [-0.1, -0.05) is 6.07 Å². The number of anilines is 1. The lowest BCUT2D eigenvalue weighted by Gasteiger charge is -2.18. The largest absolute Gasteiger partial charge is 0.510 e. The quantitative estimate of drug-likeness (QED) is 0.693. The molecule has 4 nitrogen and oxygen atoms in total. The molecule has 0 saturated heterocycles. The summed E-state index contributed by atoms with van der Waals surface area (Å²) in [5, 5.41) is 21.0. The van der Waals surface area contributed by atoms with E-state index in [4.69, 9.17) is 5.41 Å². The van der Waals surface area contributed by atoms with Gasteiger partial charge in [-0.05, 0) is 42.5 Å². The third kappa shape index (κ3) is 2.86. The van der Waals surface area contributed by atoms with Gasteiger partial charge in [-0.2, -0.15) is 0 Å². The summed E-state index contributed by atoms with van der Waals surface area (Å²) in [4.78, 5) is 6.00. The van der Waals surface area contributed by atoms with Gasteiger partial charge < -0.3 is 10.0 Å². The monoisotopic (exact) mass is 369 g/mol. The normalized spacial score (nSPS) is 14.4. The Labute approximate surface area is 152 Å². The number of halogens is 2. The number of aromatic nitrogens is 1. The lowest BCUT2D eigenvalue weighted by molar-refractivity contribution is 0.411. The van der Waals surface area contributed by atoms with Gasteiger partial charge in [-0.3, -0.25) is 5.41 Å². The highest BCUT2D eigenvalue weighted by molar-refractivity contribution is 7.11. The van der Waals surface area contributed by atoms with Gasteiger partial charge in [0.05, 0.1) is 17.8 Å². The Balaban J connectivity index is 1.65. The van der Waals surface area contributed by atoms with E-state index < -0.39 is 5.82 Å². The number of aliphatic hydroxyl groups excluding tert-OH is 1. The second-order valence-corrected chi connectivity index (χ2v) is 6.64. The Hall–Kier alpha value is -3.06. The Morgan fingerprint density at radius 3 is 2.58 bits per heavy atom. The van der Waals surface area contributed by atoms with Crippen molar-refractivity contribution >= 4 is 28.4 Å².